The van der Waals surface area contributed by atoms with Crippen molar-refractivity contribution in [1.82, 2.24) is 9.62 Å². The van der Waals surface area contributed by atoms with Crippen molar-refractivity contribution in [1.29, 1.82) is 0 Å². The zero-order valence-electron chi connectivity index (χ0n) is 30.1. The highest BCUT2D eigenvalue weighted by atomic mass is 79.9. The van der Waals surface area contributed by atoms with Crippen LogP contribution in [0.25, 0.3) is 0 Å². The monoisotopic (exact) mass is 827 g/mol. The molecule has 11 nitrogen and oxygen atoms in total. The van der Waals surface area contributed by atoms with Crippen LogP contribution in [0, 0.1) is 10.1 Å². The molecule has 1 aliphatic rings. The van der Waals surface area contributed by atoms with Crippen molar-refractivity contribution in [3.8, 4) is 0 Å². The number of nitrogens with one attached hydrogen (secondary N) is 1. The number of hydrogen-bond acceptors (Lipinski definition) is 9. The van der Waals surface area contributed by atoms with E-state index in [1.54, 1.807) is 0 Å². The predicted octanol–water partition coefficient (Wildman–Crippen LogP) is 6.80. The number of hydrogen-bond donors (Lipinski definition) is 2. The zero-order valence-corrected chi connectivity index (χ0v) is 32.5. The summed E-state index contributed by atoms with van der Waals surface area (Å²) >= 11 is 3.53. The van der Waals surface area contributed by atoms with Gasteiger partial charge in [0.15, 0.2) is 4.90 Å². The summed E-state index contributed by atoms with van der Waals surface area (Å²) in [6.07, 6.45) is -0.559. The zero-order chi connectivity index (χ0) is 39.0. The number of aliphatic hydroxyl groups is 1. The SMILES string of the molecule is CC(=O)O[C@@H](CCO)CN1[C@H](COC(c2ccccc2)(c2ccccc2)c2ccccc2)[C@H](c2ccc(Br)cc2)[C@@H]1CNS(=O)(=O)c1ccccc1[N+](=O)[O-]. The molecule has 1 fully saturated rings. The third-order valence-electron chi connectivity index (χ3n) is 9.98. The quantitative estimate of drug-likeness (QED) is 0.0447. The van der Waals surface area contributed by atoms with Gasteiger partial charge in [0.05, 0.1) is 11.5 Å². The molecule has 0 aromatic heterocycles. The lowest BCUT2D eigenvalue weighted by Gasteiger charge is -2.57. The summed E-state index contributed by atoms with van der Waals surface area (Å²) < 4.78 is 43.9. The van der Waals surface area contributed by atoms with Gasteiger partial charge in [-0.15, -0.1) is 0 Å². The molecule has 0 spiro atoms. The highest BCUT2D eigenvalue weighted by molar-refractivity contribution is 9.10. The molecule has 0 radical (unpaired) electrons. The van der Waals surface area contributed by atoms with Crippen LogP contribution in [0.5, 0.6) is 0 Å². The molecule has 55 heavy (non-hydrogen) atoms. The van der Waals surface area contributed by atoms with E-state index in [0.29, 0.717) is 0 Å². The van der Waals surface area contributed by atoms with Crippen LogP contribution in [-0.4, -0.2) is 73.8 Å². The molecule has 6 rings (SSSR count). The summed E-state index contributed by atoms with van der Waals surface area (Å²) in [5.41, 5.74) is 2.05. The lowest BCUT2D eigenvalue weighted by molar-refractivity contribution is -0.387. The Labute approximate surface area is 329 Å². The molecular formula is C42H42BrN3O8S. The molecule has 1 aliphatic heterocycles. The van der Waals surface area contributed by atoms with Gasteiger partial charge < -0.3 is 14.6 Å². The number of aliphatic hydroxyl groups excluding tert-OH is 1. The Hall–Kier alpha value is -4.76. The number of likely N-dealkylation sites (tertiary alicyclic amines) is 1. The number of rotatable bonds is 17. The molecule has 1 saturated heterocycles. The van der Waals surface area contributed by atoms with Gasteiger partial charge in [-0.3, -0.25) is 19.8 Å². The number of esters is 1. The van der Waals surface area contributed by atoms with Gasteiger partial charge in [0.25, 0.3) is 5.69 Å². The first-order valence-electron chi connectivity index (χ1n) is 17.9. The molecule has 286 valence electrons. The Morgan fingerprint density at radius 1 is 0.855 bits per heavy atom. The Morgan fingerprint density at radius 3 is 1.89 bits per heavy atom. The van der Waals surface area contributed by atoms with E-state index in [-0.39, 0.29) is 44.7 Å². The number of halogens is 1. The first kappa shape index (κ1) is 39.9. The maximum atomic E-state index is 13.7. The van der Waals surface area contributed by atoms with E-state index in [1.165, 1.54) is 25.1 Å². The number of carbonyl (C=O) groups excluding carboxylic acids is 1. The van der Waals surface area contributed by atoms with Gasteiger partial charge in [-0.05, 0) is 40.5 Å². The summed E-state index contributed by atoms with van der Waals surface area (Å²) in [4.78, 5) is 24.9. The molecule has 5 aromatic rings. The lowest BCUT2D eigenvalue weighted by atomic mass is 9.74. The van der Waals surface area contributed by atoms with Crippen molar-refractivity contribution in [2.75, 3.05) is 26.3 Å². The van der Waals surface area contributed by atoms with Gasteiger partial charge in [-0.1, -0.05) is 131 Å². The van der Waals surface area contributed by atoms with E-state index in [4.69, 9.17) is 9.47 Å². The molecule has 0 saturated carbocycles. The average Bonchev–Trinajstić information content (AvgIpc) is 3.19. The van der Waals surface area contributed by atoms with Crippen molar-refractivity contribution < 1.29 is 32.7 Å². The average molecular weight is 829 g/mol. The van der Waals surface area contributed by atoms with Gasteiger partial charge in [0.2, 0.25) is 10.0 Å². The number of sulfonamides is 1. The van der Waals surface area contributed by atoms with Crippen molar-refractivity contribution in [2.45, 2.75) is 47.9 Å². The maximum absolute atomic E-state index is 13.7. The van der Waals surface area contributed by atoms with Gasteiger partial charge in [-0.2, -0.15) is 0 Å². The number of para-hydroxylation sites is 1. The van der Waals surface area contributed by atoms with Crippen LogP contribution < -0.4 is 4.72 Å². The van der Waals surface area contributed by atoms with Crippen LogP contribution in [0.1, 0.15) is 41.5 Å². The van der Waals surface area contributed by atoms with E-state index in [9.17, 15) is 28.4 Å². The molecule has 4 atom stereocenters. The Morgan fingerprint density at radius 2 is 1.38 bits per heavy atom. The Balaban J connectivity index is 1.43. The first-order valence-corrected chi connectivity index (χ1v) is 20.2. The number of benzene rings is 5. The summed E-state index contributed by atoms with van der Waals surface area (Å²) in [5.74, 6) is -0.824. The van der Waals surface area contributed by atoms with Crippen LogP contribution in [0.2, 0.25) is 0 Å². The van der Waals surface area contributed by atoms with E-state index in [1.807, 2.05) is 120 Å². The minimum absolute atomic E-state index is 0.126. The van der Waals surface area contributed by atoms with E-state index in [0.717, 1.165) is 32.8 Å². The second-order valence-corrected chi connectivity index (χ2v) is 16.0. The first-order chi connectivity index (χ1) is 26.5. The van der Waals surface area contributed by atoms with Crippen LogP contribution in [0.4, 0.5) is 5.69 Å². The molecule has 5 aromatic carbocycles. The molecule has 0 unspecified atom stereocenters. The molecule has 0 amide bonds. The van der Waals surface area contributed by atoms with Crippen molar-refractivity contribution in [3.63, 3.8) is 0 Å². The standard InChI is InChI=1S/C42H42BrN3O8S/c1-30(48)54-36(25-26-47)28-45-38(27-44-55(51,52)40-20-12-11-19-37(40)46(49)50)41(31-21-23-35(43)24-22-31)39(45)29-53-42(32-13-5-2-6-14-32,33-15-7-3-8-16-33)34-17-9-4-10-18-34/h2-24,36,38-39,41,44,47H,25-29H2,1H3/t36-,38-,39+,41+/m0/s1. The number of nitro groups is 1. The molecule has 1 heterocycles. The fourth-order valence-corrected chi connectivity index (χ4v) is 9.03. The van der Waals surface area contributed by atoms with Gasteiger partial charge in [-0.25, -0.2) is 13.1 Å². The Kier molecular flexibility index (Phi) is 12.9. The molecule has 0 bridgehead atoms. The van der Waals surface area contributed by atoms with Gasteiger partial charge in [0.1, 0.15) is 11.7 Å². The lowest BCUT2D eigenvalue weighted by Crippen LogP contribution is -2.68. The van der Waals surface area contributed by atoms with Gasteiger partial charge in [0, 0.05) is 61.6 Å². The minimum Gasteiger partial charge on any atom is -0.461 e. The predicted molar refractivity (Wildman–Crippen MR) is 212 cm³/mol. The second kappa shape index (κ2) is 17.8. The Bertz CT molecular complexity index is 2060. The molecule has 0 aliphatic carbocycles. The maximum Gasteiger partial charge on any atom is 0.302 e. The molecule has 13 heteroatoms. The number of nitrogens with zero attached hydrogens (tertiary/aromatic N) is 2. The minimum atomic E-state index is -4.34. The van der Waals surface area contributed by atoms with E-state index < -0.39 is 49.2 Å². The van der Waals surface area contributed by atoms with Crippen molar-refractivity contribution in [3.05, 3.63) is 176 Å². The topological polar surface area (TPSA) is 148 Å². The normalized spacial score (nSPS) is 17.9. The third-order valence-corrected chi connectivity index (χ3v) is 12.0. The highest BCUT2D eigenvalue weighted by Gasteiger charge is 2.51. The van der Waals surface area contributed by atoms with Crippen LogP contribution in [0.3, 0.4) is 0 Å². The summed E-state index contributed by atoms with van der Waals surface area (Å²) in [5, 5.41) is 21.7. The summed E-state index contributed by atoms with van der Waals surface area (Å²) in [6, 6.07) is 41.9. The molecule has 2 N–H and O–H groups in total. The second-order valence-electron chi connectivity index (χ2n) is 13.3. The number of nitro benzene ring substituents is 1. The number of ether oxygens (including phenoxy) is 2. The highest BCUT2D eigenvalue weighted by Crippen LogP contribution is 2.46. The third kappa shape index (κ3) is 8.88. The van der Waals surface area contributed by atoms with E-state index in [2.05, 4.69) is 20.7 Å². The van der Waals surface area contributed by atoms with Crippen molar-refractivity contribution in [2.24, 2.45) is 0 Å². The molecular weight excluding hydrogens is 786 g/mol. The van der Waals surface area contributed by atoms with Crippen LogP contribution in [0.15, 0.2) is 149 Å². The fourth-order valence-electron chi connectivity index (χ4n) is 7.55. The summed E-state index contributed by atoms with van der Waals surface area (Å²) in [7, 11) is -4.34. The van der Waals surface area contributed by atoms with Crippen molar-refractivity contribution >= 4 is 37.6 Å². The van der Waals surface area contributed by atoms with Gasteiger partial charge >= 0.3 is 5.97 Å². The number of carbonyl (C=O) groups is 1. The largest absolute Gasteiger partial charge is 0.461 e. The summed E-state index contributed by atoms with van der Waals surface area (Å²) in [6.45, 7) is 1.25. The van der Waals surface area contributed by atoms with Crippen LogP contribution in [-0.2, 0) is 29.9 Å². The smallest absolute Gasteiger partial charge is 0.302 e. The van der Waals surface area contributed by atoms with Crippen LogP contribution >= 0.6 is 15.9 Å². The fraction of sp³-hybridized carbons (Fsp3) is 0.262. The van der Waals surface area contributed by atoms with E-state index >= 15 is 0 Å².